The Balaban J connectivity index is 5.91. The van der Waals surface area contributed by atoms with Gasteiger partial charge >= 0.3 is 154 Å². The number of halogens is 56. The SMILES string of the molecule is FC(F)(F)C(F)(F)C(F)(F)C(F)(F)C(F)(F)C(F)(F)C(F)(F)C(F)(F)C(F)(F)C(F)(F)C(F)(F)C(F)(F)C(F)(F)CC(I)CCCCCCCCCCCCC(I)CC(F)(F)C(F)(F)C(F)(F)C(F)(F)C(F)(F)C(F)(F)C(F)(F)C(F)(F)C(F)(F)C(F)(F)C(F)(F)C(F)(F)C(F)(F)F. The van der Waals surface area contributed by atoms with Gasteiger partial charge in [-0.15, -0.1) is 0 Å². The first kappa shape index (κ1) is 95.7. The number of alkyl halides is 56. The highest BCUT2D eigenvalue weighted by atomic mass is 127. The van der Waals surface area contributed by atoms with Gasteiger partial charge in [0.25, 0.3) is 0 Å². The van der Waals surface area contributed by atoms with Gasteiger partial charge in [-0.1, -0.05) is 109 Å². The van der Waals surface area contributed by atoms with Gasteiger partial charge in [-0.3, -0.25) is 0 Å². The van der Waals surface area contributed by atoms with Crippen LogP contribution in [0, 0.1) is 0 Å². The maximum Gasteiger partial charge on any atom is 0.460 e. The van der Waals surface area contributed by atoms with Gasteiger partial charge in [-0.25, -0.2) is 0 Å². The van der Waals surface area contributed by atoms with Crippen molar-refractivity contribution in [2.24, 2.45) is 0 Å². The summed E-state index contributed by atoms with van der Waals surface area (Å²) in [7, 11) is 0. The number of unbranched alkanes of at least 4 members (excludes halogenated alkanes) is 9. The molecule has 0 rings (SSSR count). The monoisotopic (exact) mass is 1810 g/mol. The second kappa shape index (κ2) is 27.5. The third-order valence-corrected chi connectivity index (χ3v) is 15.9. The number of rotatable bonds is 39. The van der Waals surface area contributed by atoms with E-state index >= 15 is 0 Å². The lowest BCUT2D eigenvalue weighted by Gasteiger charge is -2.46. The molecule has 0 amide bonds. The fraction of sp³-hybridized carbons (Fsp3) is 1.00. The van der Waals surface area contributed by atoms with Crippen LogP contribution in [0.1, 0.15) is 89.9 Å². The molecular weight excluding hydrogens is 1780 g/mol. The summed E-state index contributed by atoms with van der Waals surface area (Å²) in [5.74, 6) is -222. The van der Waals surface area contributed by atoms with E-state index in [4.69, 9.17) is 0 Å². The fourth-order valence-electron chi connectivity index (χ4n) is 7.53. The third-order valence-electron chi connectivity index (χ3n) is 13.8. The molecule has 0 aliphatic heterocycles. The number of hydrogen-bond acceptors (Lipinski definition) is 0. The molecule has 2 unspecified atom stereocenters. The van der Waals surface area contributed by atoms with E-state index in [0.29, 0.717) is 45.2 Å². The second-order valence-electron chi connectivity index (χ2n) is 20.8. The molecule has 0 spiro atoms. The number of hydrogen-bond donors (Lipinski definition) is 0. The maximum atomic E-state index is 14.5. The van der Waals surface area contributed by atoms with Gasteiger partial charge in [0.2, 0.25) is 0 Å². The van der Waals surface area contributed by atoms with Crippen molar-refractivity contribution in [1.29, 1.82) is 0 Å². The molecule has 0 nitrogen and oxygen atoms in total. The zero-order chi connectivity index (χ0) is 80.1. The lowest BCUT2D eigenvalue weighted by molar-refractivity contribution is -0.485. The van der Waals surface area contributed by atoms with Crippen LogP contribution in [0.2, 0.25) is 0 Å². The Morgan fingerprint density at radius 2 is 0.245 bits per heavy atom. The largest absolute Gasteiger partial charge is 0.460 e. The zero-order valence-electron chi connectivity index (χ0n) is 45.2. The average Bonchev–Trinajstić information content (AvgIpc) is 0.691. The topological polar surface area (TPSA) is 0 Å². The maximum absolute atomic E-state index is 14.5. The average molecular weight is 1810 g/mol. The normalized spacial score (nSPS) is 17.3. The van der Waals surface area contributed by atoms with Crippen molar-refractivity contribution in [2.45, 2.75) is 252 Å². The van der Waals surface area contributed by atoms with Gasteiger partial charge in [0.15, 0.2) is 0 Å². The molecule has 0 heterocycles. The molecule has 0 saturated heterocycles. The van der Waals surface area contributed by atoms with Crippen molar-refractivity contribution in [3.8, 4) is 0 Å². The highest BCUT2D eigenvalue weighted by Crippen LogP contribution is 2.72. The van der Waals surface area contributed by atoms with E-state index in [2.05, 4.69) is 0 Å². The Morgan fingerprint density at radius 1 is 0.143 bits per heavy atom. The Bertz CT molecular complexity index is 2440. The van der Waals surface area contributed by atoms with Crippen molar-refractivity contribution in [1.82, 2.24) is 0 Å². The quantitative estimate of drug-likeness (QED) is 0.0249. The summed E-state index contributed by atoms with van der Waals surface area (Å²) < 4.78 is 741. The van der Waals surface area contributed by atoms with E-state index in [1.165, 1.54) is 0 Å². The van der Waals surface area contributed by atoms with E-state index in [1.54, 1.807) is 0 Å². The summed E-state index contributed by atoms with van der Waals surface area (Å²) in [5.41, 5.74) is 0. The molecule has 56 heteroatoms. The Morgan fingerprint density at radius 3 is 0.367 bits per heavy atom. The molecular formula is C42H30F54I2. The molecule has 0 bridgehead atoms. The zero-order valence-corrected chi connectivity index (χ0v) is 49.5. The van der Waals surface area contributed by atoms with Crippen LogP contribution in [0.5, 0.6) is 0 Å². The van der Waals surface area contributed by atoms with Crippen molar-refractivity contribution >= 4 is 45.2 Å². The van der Waals surface area contributed by atoms with Gasteiger partial charge in [-0.2, -0.15) is 237 Å². The summed E-state index contributed by atoms with van der Waals surface area (Å²) >= 11 is 1.13. The van der Waals surface area contributed by atoms with Gasteiger partial charge in [0, 0.05) is 20.7 Å². The second-order valence-corrected chi connectivity index (χ2v) is 24.3. The van der Waals surface area contributed by atoms with Crippen molar-refractivity contribution in [3.63, 3.8) is 0 Å². The molecule has 0 aliphatic rings. The first-order chi connectivity index (χ1) is 42.0. The summed E-state index contributed by atoms with van der Waals surface area (Å²) in [6.07, 6.45) is -26.8. The molecule has 0 N–H and O–H groups in total. The Labute approximate surface area is 533 Å². The van der Waals surface area contributed by atoms with Crippen LogP contribution in [0.25, 0.3) is 0 Å². The van der Waals surface area contributed by atoms with Crippen LogP contribution in [-0.4, -0.2) is 162 Å². The van der Waals surface area contributed by atoms with Crippen LogP contribution >= 0.6 is 45.2 Å². The molecule has 0 aliphatic carbocycles. The van der Waals surface area contributed by atoms with Gasteiger partial charge in [-0.05, 0) is 12.8 Å². The van der Waals surface area contributed by atoms with Gasteiger partial charge < -0.3 is 0 Å². The fourth-order valence-corrected chi connectivity index (χ4v) is 9.51. The summed E-state index contributed by atoms with van der Waals surface area (Å²) in [6, 6.07) is 0. The molecule has 2 atom stereocenters. The van der Waals surface area contributed by atoms with Crippen molar-refractivity contribution in [3.05, 3.63) is 0 Å². The molecule has 0 radical (unpaired) electrons. The minimum absolute atomic E-state index is 0.0223. The minimum atomic E-state index is -9.95. The van der Waals surface area contributed by atoms with Crippen LogP contribution in [0.15, 0.2) is 0 Å². The van der Waals surface area contributed by atoms with Gasteiger partial charge in [0.05, 0.1) is 0 Å². The van der Waals surface area contributed by atoms with E-state index in [-0.39, 0.29) is 51.4 Å². The lowest BCUT2D eigenvalue weighted by atomic mass is 9.83. The first-order valence-electron chi connectivity index (χ1n) is 24.5. The van der Waals surface area contributed by atoms with Gasteiger partial charge in [0.1, 0.15) is 0 Å². The standard InChI is InChI=1S/C42H30F54I2/c43-17(44,19(47,48)21(51,52)23(55,56)25(59,60)27(63,64)29(67,68)31(71,72)33(75,76)35(79,80)37(83,84)39(87,88)41(91,92)93)13-15(97)11-9-7-5-3-1-2-4-6-8-10-12-16(98)14-18(45,46)20(49,50)22(53,54)24(57,58)26(61,62)28(65,66)30(69,70)32(73,74)34(77,78)36(81,82)38(85,86)40(89,90)42(94,95)96/h15-16H,1-14H2. The molecule has 0 aromatic rings. The highest BCUT2D eigenvalue weighted by Gasteiger charge is 3.03. The van der Waals surface area contributed by atoms with Crippen molar-refractivity contribution < 1.29 is 237 Å². The van der Waals surface area contributed by atoms with Crippen LogP contribution < -0.4 is 0 Å². The van der Waals surface area contributed by atoms with Crippen LogP contribution in [-0.2, 0) is 0 Å². The predicted octanol–water partition coefficient (Wildman–Crippen LogP) is 24.4. The summed E-state index contributed by atoms with van der Waals surface area (Å²) in [5, 5.41) is 0. The molecule has 0 aromatic carbocycles. The van der Waals surface area contributed by atoms with Crippen LogP contribution in [0.3, 0.4) is 0 Å². The van der Waals surface area contributed by atoms with Crippen molar-refractivity contribution in [2.75, 3.05) is 0 Å². The van der Waals surface area contributed by atoms with E-state index in [0.717, 1.165) is 0 Å². The molecule has 590 valence electrons. The lowest BCUT2D eigenvalue weighted by Crippen LogP contribution is -2.78. The first-order valence-corrected chi connectivity index (χ1v) is 27.0. The summed E-state index contributed by atoms with van der Waals surface area (Å²) in [4.78, 5) is 0. The summed E-state index contributed by atoms with van der Waals surface area (Å²) in [6.45, 7) is 0. The highest BCUT2D eigenvalue weighted by molar-refractivity contribution is 14.1. The van der Waals surface area contributed by atoms with E-state index in [9.17, 15) is 237 Å². The minimum Gasteiger partial charge on any atom is -0.200 e. The van der Waals surface area contributed by atoms with Crippen LogP contribution in [0.4, 0.5) is 237 Å². The molecule has 0 saturated carbocycles. The smallest absolute Gasteiger partial charge is 0.200 e. The third kappa shape index (κ3) is 14.1. The van der Waals surface area contributed by atoms with E-state index in [1.807, 2.05) is 0 Å². The molecule has 0 aromatic heterocycles. The Kier molecular flexibility index (Phi) is 26.9. The molecule has 98 heavy (non-hydrogen) atoms. The van der Waals surface area contributed by atoms with E-state index < -0.39 is 201 Å². The Hall–Kier alpha value is -2.32. The predicted molar refractivity (Wildman–Crippen MR) is 231 cm³/mol. The molecule has 0 fully saturated rings.